The molecule has 0 aliphatic carbocycles. The highest BCUT2D eigenvalue weighted by Crippen LogP contribution is 2.20. The van der Waals surface area contributed by atoms with Crippen molar-refractivity contribution in [2.45, 2.75) is 32.6 Å². The second kappa shape index (κ2) is 7.63. The lowest BCUT2D eigenvalue weighted by molar-refractivity contribution is -0.638. The molecule has 0 aliphatic heterocycles. The van der Waals surface area contributed by atoms with Gasteiger partial charge in [-0.05, 0) is 31.9 Å². The van der Waals surface area contributed by atoms with Gasteiger partial charge in [0.05, 0.1) is 10.5 Å². The van der Waals surface area contributed by atoms with E-state index in [1.54, 1.807) is 45.3 Å². The van der Waals surface area contributed by atoms with Gasteiger partial charge in [0.1, 0.15) is 10.1 Å². The summed E-state index contributed by atoms with van der Waals surface area (Å²) < 4.78 is 39.2. The van der Waals surface area contributed by atoms with E-state index in [-0.39, 0.29) is 4.90 Å². The lowest BCUT2D eigenvalue weighted by Gasteiger charge is -2.14. The second-order valence-corrected chi connectivity index (χ2v) is 7.16. The van der Waals surface area contributed by atoms with Gasteiger partial charge in [0.15, 0.2) is 12.4 Å². The zero-order valence-electron chi connectivity index (χ0n) is 14.9. The second-order valence-electron chi connectivity index (χ2n) is 5.84. The Morgan fingerprint density at radius 3 is 2.00 bits per heavy atom. The zero-order chi connectivity index (χ0) is 19.5. The molecule has 138 valence electrons. The molecule has 0 unspecified atom stereocenters. The molecule has 0 fully saturated rings. The van der Waals surface area contributed by atoms with Crippen LogP contribution in [0, 0.1) is 27.7 Å². The van der Waals surface area contributed by atoms with Gasteiger partial charge < -0.3 is 8.97 Å². The molecule has 0 atom stereocenters. The van der Waals surface area contributed by atoms with E-state index in [1.165, 1.54) is 4.68 Å². The Kier molecular flexibility index (Phi) is 5.73. The van der Waals surface area contributed by atoms with Crippen LogP contribution in [0.4, 0.5) is 0 Å². The average molecular weight is 376 g/mol. The summed E-state index contributed by atoms with van der Waals surface area (Å²) in [6.07, 6.45) is 3.43. The smallest absolute Gasteiger partial charge is 0.248 e. The van der Waals surface area contributed by atoms with Crippen molar-refractivity contribution >= 4 is 10.1 Å². The lowest BCUT2D eigenvalue weighted by atomic mass is 10.1. The van der Waals surface area contributed by atoms with Crippen molar-refractivity contribution in [3.8, 4) is 11.5 Å². The molecule has 0 spiro atoms. The van der Waals surface area contributed by atoms with Gasteiger partial charge in [-0.1, -0.05) is 22.4 Å². The van der Waals surface area contributed by atoms with Gasteiger partial charge in [-0.15, -0.1) is 10.2 Å². The molecule has 1 aromatic carbocycles. The molecule has 0 aliphatic rings. The van der Waals surface area contributed by atoms with Gasteiger partial charge in [0.25, 0.3) is 0 Å². The van der Waals surface area contributed by atoms with E-state index in [9.17, 15) is 13.0 Å². The normalized spacial score (nSPS) is 11.0. The number of aromatic nitrogens is 3. The number of nitrogens with zero attached hydrogens (tertiary/aromatic N) is 3. The van der Waals surface area contributed by atoms with Crippen LogP contribution in [0.3, 0.4) is 0 Å². The Morgan fingerprint density at radius 2 is 1.58 bits per heavy atom. The van der Waals surface area contributed by atoms with E-state index in [4.69, 9.17) is 10.3 Å². The Morgan fingerprint density at radius 1 is 1.04 bits per heavy atom. The number of hydrogen-bond donors (Lipinski definition) is 1. The largest absolute Gasteiger partial charge is 0.744 e. The summed E-state index contributed by atoms with van der Waals surface area (Å²) in [5, 5.41) is 7.61. The molecule has 3 aromatic rings. The molecule has 2 heterocycles. The third-order valence-electron chi connectivity index (χ3n) is 3.48. The highest BCUT2D eigenvalue weighted by atomic mass is 32.2. The van der Waals surface area contributed by atoms with Crippen molar-refractivity contribution in [3.63, 3.8) is 0 Å². The van der Waals surface area contributed by atoms with Crippen LogP contribution in [0.25, 0.3) is 11.5 Å². The summed E-state index contributed by atoms with van der Waals surface area (Å²) in [5.74, 6) is 6.53. The maximum absolute atomic E-state index is 10.8. The van der Waals surface area contributed by atoms with Gasteiger partial charge >= 0.3 is 0 Å². The first-order valence-corrected chi connectivity index (χ1v) is 9.09. The standard InChI is InChI=1S/C9H12O3S.C8H9N4O/c1-6-4-7(2)9(8(3)5-6)13(10,11)12;1-6-10-11-8(13-6)7-2-4-12(9)5-3-7/h4-5H,1-3H3,(H,10,11,12);2-5H,9H2,1H3/q;+1/p-1. The minimum atomic E-state index is -4.33. The van der Waals surface area contributed by atoms with Crippen molar-refractivity contribution < 1.29 is 22.1 Å². The van der Waals surface area contributed by atoms with Crippen LogP contribution in [0.15, 0.2) is 46.0 Å². The van der Waals surface area contributed by atoms with Crippen LogP contribution in [0.1, 0.15) is 22.6 Å². The Hall–Kier alpha value is -2.78. The molecule has 26 heavy (non-hydrogen) atoms. The molecular weight excluding hydrogens is 356 g/mol. The number of nitrogen functional groups attached to an aromatic ring is 1. The summed E-state index contributed by atoms with van der Waals surface area (Å²) in [4.78, 5) is -0.0851. The van der Waals surface area contributed by atoms with Gasteiger partial charge in [-0.2, -0.15) is 0 Å². The van der Waals surface area contributed by atoms with Gasteiger partial charge in [0, 0.05) is 19.1 Å². The van der Waals surface area contributed by atoms with Crippen molar-refractivity contribution in [1.29, 1.82) is 0 Å². The van der Waals surface area contributed by atoms with Gasteiger partial charge in [0.2, 0.25) is 11.8 Å². The summed E-state index contributed by atoms with van der Waals surface area (Å²) in [6, 6.07) is 7.01. The maximum atomic E-state index is 10.8. The average Bonchev–Trinajstić information content (AvgIpc) is 2.92. The highest BCUT2D eigenvalue weighted by molar-refractivity contribution is 7.85. The molecule has 9 heteroatoms. The van der Waals surface area contributed by atoms with Crippen LogP contribution >= 0.6 is 0 Å². The summed E-state index contributed by atoms with van der Waals surface area (Å²) >= 11 is 0. The van der Waals surface area contributed by atoms with E-state index in [1.807, 2.05) is 19.1 Å². The number of rotatable bonds is 2. The van der Waals surface area contributed by atoms with Crippen LogP contribution < -0.4 is 10.5 Å². The molecule has 0 saturated carbocycles. The third kappa shape index (κ3) is 4.87. The van der Waals surface area contributed by atoms with Crippen LogP contribution in [-0.4, -0.2) is 23.2 Å². The monoisotopic (exact) mass is 376 g/mol. The summed E-state index contributed by atoms with van der Waals surface area (Å²) in [7, 11) is -4.33. The fraction of sp³-hybridized carbons (Fsp3) is 0.235. The topological polar surface area (TPSA) is 126 Å². The fourth-order valence-electron chi connectivity index (χ4n) is 2.55. The number of aryl methyl sites for hydroxylation is 4. The predicted octanol–water partition coefficient (Wildman–Crippen LogP) is 1.56. The molecule has 0 amide bonds. The third-order valence-corrected chi connectivity index (χ3v) is 4.62. The van der Waals surface area contributed by atoms with Crippen molar-refractivity contribution in [3.05, 3.63) is 59.2 Å². The van der Waals surface area contributed by atoms with E-state index < -0.39 is 10.1 Å². The lowest BCUT2D eigenvalue weighted by Crippen LogP contribution is -2.43. The molecule has 2 aromatic heterocycles. The summed E-state index contributed by atoms with van der Waals surface area (Å²) in [5.41, 5.74) is 2.87. The first-order chi connectivity index (χ1) is 12.1. The SMILES string of the molecule is Cc1cc(C)c(S(=O)(=O)[O-])c(C)c1.Cc1nnc(-c2cc[n+](N)cc2)o1. The maximum Gasteiger partial charge on any atom is 0.248 e. The van der Waals surface area contributed by atoms with Crippen LogP contribution in [0.5, 0.6) is 0 Å². The molecule has 0 saturated heterocycles. The predicted molar refractivity (Wildman–Crippen MR) is 93.4 cm³/mol. The van der Waals surface area contributed by atoms with Gasteiger partial charge in [-0.25, -0.2) is 14.3 Å². The van der Waals surface area contributed by atoms with Crippen LogP contribution in [-0.2, 0) is 10.1 Å². The Bertz CT molecular complexity index is 988. The number of benzene rings is 1. The molecule has 2 N–H and O–H groups in total. The van der Waals surface area contributed by atoms with E-state index in [0.717, 1.165) is 11.1 Å². The van der Waals surface area contributed by atoms with E-state index in [0.29, 0.717) is 22.9 Å². The number of nitrogens with two attached hydrogens (primary N) is 1. The van der Waals surface area contributed by atoms with Crippen molar-refractivity contribution in [1.82, 2.24) is 10.2 Å². The number of hydrogen-bond acceptors (Lipinski definition) is 7. The van der Waals surface area contributed by atoms with E-state index in [2.05, 4.69) is 10.2 Å². The minimum absolute atomic E-state index is 0.0851. The molecular formula is C17H20N4O4S. The van der Waals surface area contributed by atoms with Crippen molar-refractivity contribution in [2.75, 3.05) is 5.84 Å². The van der Waals surface area contributed by atoms with Gasteiger partial charge in [-0.3, -0.25) is 0 Å². The molecule has 0 bridgehead atoms. The first-order valence-electron chi connectivity index (χ1n) is 7.68. The number of pyridine rings is 1. The molecule has 3 rings (SSSR count). The quantitative estimate of drug-likeness (QED) is 0.408. The summed E-state index contributed by atoms with van der Waals surface area (Å²) in [6.45, 7) is 6.87. The fourth-order valence-corrected chi connectivity index (χ4v) is 3.46. The van der Waals surface area contributed by atoms with Crippen LogP contribution in [0.2, 0.25) is 0 Å². The zero-order valence-corrected chi connectivity index (χ0v) is 15.7. The minimum Gasteiger partial charge on any atom is -0.744 e. The Balaban J connectivity index is 0.000000187. The van der Waals surface area contributed by atoms with E-state index >= 15 is 0 Å². The molecule has 8 nitrogen and oxygen atoms in total. The Labute approximate surface area is 152 Å². The first kappa shape index (κ1) is 19.5. The highest BCUT2D eigenvalue weighted by Gasteiger charge is 2.09. The van der Waals surface area contributed by atoms with Crippen molar-refractivity contribution in [2.24, 2.45) is 0 Å². The molecule has 0 radical (unpaired) electrons.